The van der Waals surface area contributed by atoms with Crippen molar-refractivity contribution in [1.82, 2.24) is 0 Å². The monoisotopic (exact) mass is 529 g/mol. The summed E-state index contributed by atoms with van der Waals surface area (Å²) in [6, 6.07) is 16.2. The first-order valence-corrected chi connectivity index (χ1v) is 14.4. The molecule has 0 spiro atoms. The number of unbranched alkanes of at least 4 members (excludes halogenated alkanes) is 11. The predicted molar refractivity (Wildman–Crippen MR) is 149 cm³/mol. The minimum Gasteiger partial charge on any atom is -0.494 e. The molecule has 0 aliphatic rings. The molecule has 0 radical (unpaired) electrons. The number of benzene rings is 2. The maximum absolute atomic E-state index is 12.3. The van der Waals surface area contributed by atoms with E-state index in [1.165, 1.54) is 70.6 Å². The number of carbonyl (C=O) groups is 1. The van der Waals surface area contributed by atoms with E-state index >= 15 is 0 Å². The second-order valence-corrected chi connectivity index (χ2v) is 9.85. The van der Waals surface area contributed by atoms with Gasteiger partial charge in [0.05, 0.1) is 13.2 Å². The van der Waals surface area contributed by atoms with Crippen LogP contribution in [0, 0.1) is 0 Å². The lowest BCUT2D eigenvalue weighted by Crippen LogP contribution is -2.27. The fraction of sp³-hybridized carbons (Fsp3) is 0.567. The van der Waals surface area contributed by atoms with E-state index < -0.39 is 0 Å². The molecule has 0 aromatic heterocycles. The van der Waals surface area contributed by atoms with E-state index in [0.717, 1.165) is 40.9 Å². The summed E-state index contributed by atoms with van der Waals surface area (Å²) in [6.45, 7) is 5.22. The maximum atomic E-state index is 12.3. The van der Waals surface area contributed by atoms with Gasteiger partial charge in [-0.15, -0.1) is 0 Å². The van der Waals surface area contributed by atoms with Crippen LogP contribution < -0.4 is 9.64 Å². The van der Waals surface area contributed by atoms with Gasteiger partial charge in [-0.25, -0.2) is 0 Å². The average molecular weight is 531 g/mol. The highest BCUT2D eigenvalue weighted by Crippen LogP contribution is 2.22. The minimum atomic E-state index is 0.0408. The number of nitrogens with zero attached hydrogens (tertiary/aromatic N) is 1. The van der Waals surface area contributed by atoms with E-state index in [9.17, 15) is 4.79 Å². The lowest BCUT2D eigenvalue weighted by molar-refractivity contribution is -0.116. The van der Waals surface area contributed by atoms with Gasteiger partial charge in [0.1, 0.15) is 5.75 Å². The Balaban J connectivity index is 1.61. The Bertz CT molecular complexity index is 806. The zero-order chi connectivity index (χ0) is 24.4. The number of alkyl halides is 1. The van der Waals surface area contributed by atoms with Crippen molar-refractivity contribution in [2.24, 2.45) is 0 Å². The first-order chi connectivity index (χ1) is 16.6. The van der Waals surface area contributed by atoms with Crippen LogP contribution in [-0.2, 0) is 16.7 Å². The molecule has 34 heavy (non-hydrogen) atoms. The summed E-state index contributed by atoms with van der Waals surface area (Å²) in [5.41, 5.74) is 3.18. The van der Waals surface area contributed by atoms with Gasteiger partial charge in [-0.05, 0) is 41.8 Å². The number of hydrogen-bond donors (Lipinski definition) is 0. The second-order valence-electron chi connectivity index (χ2n) is 9.29. The first-order valence-electron chi connectivity index (χ1n) is 13.3. The number of rotatable bonds is 18. The van der Waals surface area contributed by atoms with E-state index in [2.05, 4.69) is 47.1 Å². The molecule has 0 fully saturated rings. The molecular formula is C30H44BrNO2. The molecule has 2 rings (SSSR count). The molecule has 0 saturated heterocycles. The van der Waals surface area contributed by atoms with Crippen molar-refractivity contribution in [1.29, 1.82) is 0 Å². The summed E-state index contributed by atoms with van der Waals surface area (Å²) in [5, 5.41) is 0.776. The molecule has 188 valence electrons. The van der Waals surface area contributed by atoms with Gasteiger partial charge in [0, 0.05) is 17.9 Å². The predicted octanol–water partition coefficient (Wildman–Crippen LogP) is 9.21. The van der Waals surface area contributed by atoms with Crippen LogP contribution in [0.1, 0.15) is 102 Å². The van der Waals surface area contributed by atoms with Gasteiger partial charge in [0.15, 0.2) is 0 Å². The van der Waals surface area contributed by atoms with Crippen LogP contribution in [0.2, 0.25) is 0 Å². The molecule has 0 heterocycles. The van der Waals surface area contributed by atoms with Crippen molar-refractivity contribution in [3.05, 3.63) is 59.7 Å². The van der Waals surface area contributed by atoms with Crippen molar-refractivity contribution in [2.75, 3.05) is 11.5 Å². The average Bonchev–Trinajstić information content (AvgIpc) is 2.86. The molecule has 1 amide bonds. The third kappa shape index (κ3) is 11.6. The molecule has 0 atom stereocenters. The smallest absolute Gasteiger partial charge is 0.224 e. The van der Waals surface area contributed by atoms with Crippen LogP contribution in [0.25, 0.3) is 0 Å². The molecule has 2 aromatic rings. The highest BCUT2D eigenvalue weighted by atomic mass is 79.9. The first kappa shape index (κ1) is 28.4. The topological polar surface area (TPSA) is 29.5 Å². The van der Waals surface area contributed by atoms with Crippen LogP contribution in [0.5, 0.6) is 5.75 Å². The third-order valence-electron chi connectivity index (χ3n) is 6.29. The summed E-state index contributed by atoms with van der Waals surface area (Å²) in [5.74, 6) is 0.946. The van der Waals surface area contributed by atoms with Gasteiger partial charge in [0.25, 0.3) is 0 Å². The van der Waals surface area contributed by atoms with Gasteiger partial charge < -0.3 is 9.64 Å². The SMILES string of the molecule is CCCCCCCCCCCCCCOc1ccc(CN(C(C)=O)c2cccc(CBr)c2)cc1. The molecule has 4 heteroatoms. The van der Waals surface area contributed by atoms with Gasteiger partial charge in [-0.1, -0.05) is 118 Å². The van der Waals surface area contributed by atoms with Crippen LogP contribution in [-0.4, -0.2) is 12.5 Å². The number of anilines is 1. The van der Waals surface area contributed by atoms with Gasteiger partial charge in [0.2, 0.25) is 5.91 Å². The summed E-state index contributed by atoms with van der Waals surface area (Å²) >= 11 is 3.49. The van der Waals surface area contributed by atoms with Crippen LogP contribution in [0.15, 0.2) is 48.5 Å². The fourth-order valence-corrected chi connectivity index (χ4v) is 4.55. The Hall–Kier alpha value is -1.81. The van der Waals surface area contributed by atoms with E-state index in [0.29, 0.717) is 6.54 Å². The van der Waals surface area contributed by atoms with Crippen molar-refractivity contribution >= 4 is 27.5 Å². The summed E-state index contributed by atoms with van der Waals surface area (Å²) < 4.78 is 5.93. The largest absolute Gasteiger partial charge is 0.494 e. The number of ether oxygens (including phenoxy) is 1. The standard InChI is InChI=1S/C30H44BrNO2/c1-3-4-5-6-7-8-9-10-11-12-13-14-22-34-30-20-18-27(19-21-30)25-32(26(2)33)29-17-15-16-28(23-29)24-31/h15-21,23H,3-14,22,24-25H2,1-2H3. The molecular weight excluding hydrogens is 486 g/mol. The molecule has 0 aliphatic heterocycles. The Kier molecular flexibility index (Phi) is 14.7. The molecule has 2 aromatic carbocycles. The van der Waals surface area contributed by atoms with Crippen LogP contribution >= 0.6 is 15.9 Å². The van der Waals surface area contributed by atoms with E-state index in [4.69, 9.17) is 4.74 Å². The summed E-state index contributed by atoms with van der Waals surface area (Å²) in [6.07, 6.45) is 16.2. The highest BCUT2D eigenvalue weighted by Gasteiger charge is 2.12. The quantitative estimate of drug-likeness (QED) is 0.142. The van der Waals surface area contributed by atoms with E-state index in [-0.39, 0.29) is 5.91 Å². The van der Waals surface area contributed by atoms with Crippen LogP contribution in [0.4, 0.5) is 5.69 Å². The van der Waals surface area contributed by atoms with Crippen molar-refractivity contribution in [3.63, 3.8) is 0 Å². The van der Waals surface area contributed by atoms with Crippen LogP contribution in [0.3, 0.4) is 0 Å². The Morgan fingerprint density at radius 3 is 1.94 bits per heavy atom. The number of amides is 1. The van der Waals surface area contributed by atoms with Crippen molar-refractivity contribution in [2.45, 2.75) is 103 Å². The lowest BCUT2D eigenvalue weighted by atomic mass is 10.1. The number of carbonyl (C=O) groups excluding carboxylic acids is 1. The molecule has 0 aliphatic carbocycles. The summed E-state index contributed by atoms with van der Waals surface area (Å²) in [4.78, 5) is 14.1. The molecule has 0 unspecified atom stereocenters. The fourth-order valence-electron chi connectivity index (χ4n) is 4.20. The number of hydrogen-bond acceptors (Lipinski definition) is 2. The van der Waals surface area contributed by atoms with Crippen molar-refractivity contribution < 1.29 is 9.53 Å². The normalized spacial score (nSPS) is 10.9. The molecule has 0 saturated carbocycles. The Morgan fingerprint density at radius 1 is 0.794 bits per heavy atom. The zero-order valence-corrected chi connectivity index (χ0v) is 23.0. The maximum Gasteiger partial charge on any atom is 0.224 e. The minimum absolute atomic E-state index is 0.0408. The lowest BCUT2D eigenvalue weighted by Gasteiger charge is -2.22. The van der Waals surface area contributed by atoms with Gasteiger partial charge in [-0.3, -0.25) is 4.79 Å². The molecule has 0 N–H and O–H groups in total. The van der Waals surface area contributed by atoms with Crippen molar-refractivity contribution in [3.8, 4) is 5.75 Å². The molecule has 0 bridgehead atoms. The highest BCUT2D eigenvalue weighted by molar-refractivity contribution is 9.08. The Morgan fingerprint density at radius 2 is 1.38 bits per heavy atom. The zero-order valence-electron chi connectivity index (χ0n) is 21.4. The van der Waals surface area contributed by atoms with Gasteiger partial charge in [-0.2, -0.15) is 0 Å². The molecule has 3 nitrogen and oxygen atoms in total. The van der Waals surface area contributed by atoms with E-state index in [1.807, 2.05) is 29.2 Å². The summed E-state index contributed by atoms with van der Waals surface area (Å²) in [7, 11) is 0. The second kappa shape index (κ2) is 17.6. The van der Waals surface area contributed by atoms with E-state index in [1.54, 1.807) is 6.92 Å². The van der Waals surface area contributed by atoms with Gasteiger partial charge >= 0.3 is 0 Å². The Labute approximate surface area is 216 Å². The third-order valence-corrected chi connectivity index (χ3v) is 6.93. The number of halogens is 1.